The molecule has 2 N–H and O–H groups in total. The van der Waals surface area contributed by atoms with E-state index in [1.807, 2.05) is 0 Å². The highest BCUT2D eigenvalue weighted by atomic mass is 14.7. The summed E-state index contributed by atoms with van der Waals surface area (Å²) in [5, 5.41) is 0. The van der Waals surface area contributed by atoms with Gasteiger partial charge in [-0.1, -0.05) is 44.4 Å². The Morgan fingerprint density at radius 1 is 1.19 bits per heavy atom. The quantitative estimate of drug-likeness (QED) is 0.803. The molecule has 1 aliphatic carbocycles. The third kappa shape index (κ3) is 2.15. The molecule has 1 heteroatoms. The maximum atomic E-state index is 6.54. The van der Waals surface area contributed by atoms with Crippen LogP contribution in [0.4, 0.5) is 0 Å². The van der Waals surface area contributed by atoms with Crippen molar-refractivity contribution in [1.82, 2.24) is 0 Å². The Morgan fingerprint density at radius 3 is 2.44 bits per heavy atom. The number of rotatable bonds is 2. The SMILES string of the molecule is CCc1ccc(C2(N)CCCCC2)cc1C. The second-order valence-corrected chi connectivity index (χ2v) is 5.21. The highest BCUT2D eigenvalue weighted by molar-refractivity contribution is 5.35. The van der Waals surface area contributed by atoms with Crippen LogP contribution in [0.2, 0.25) is 0 Å². The van der Waals surface area contributed by atoms with E-state index in [1.165, 1.54) is 36.0 Å². The lowest BCUT2D eigenvalue weighted by atomic mass is 9.77. The molecule has 1 aromatic rings. The van der Waals surface area contributed by atoms with E-state index in [1.54, 1.807) is 0 Å². The van der Waals surface area contributed by atoms with Gasteiger partial charge in [-0.2, -0.15) is 0 Å². The highest BCUT2D eigenvalue weighted by Crippen LogP contribution is 2.35. The lowest BCUT2D eigenvalue weighted by Gasteiger charge is -2.34. The van der Waals surface area contributed by atoms with E-state index in [0.29, 0.717) is 0 Å². The van der Waals surface area contributed by atoms with Crippen molar-refractivity contribution in [2.45, 2.75) is 57.9 Å². The Kier molecular flexibility index (Phi) is 3.34. The smallest absolute Gasteiger partial charge is 0.0409 e. The maximum Gasteiger partial charge on any atom is 0.0409 e. The Labute approximate surface area is 99.0 Å². The molecule has 88 valence electrons. The largest absolute Gasteiger partial charge is 0.321 e. The molecule has 1 aromatic carbocycles. The van der Waals surface area contributed by atoms with Crippen molar-refractivity contribution in [2.75, 3.05) is 0 Å². The van der Waals surface area contributed by atoms with Crippen molar-refractivity contribution in [3.05, 3.63) is 34.9 Å². The van der Waals surface area contributed by atoms with Crippen molar-refractivity contribution in [2.24, 2.45) is 5.73 Å². The molecule has 1 saturated carbocycles. The zero-order valence-corrected chi connectivity index (χ0v) is 10.6. The standard InChI is InChI=1S/C15H23N/c1-3-13-7-8-14(11-12(13)2)15(16)9-5-4-6-10-15/h7-8,11H,3-6,9-10,16H2,1-2H3. The minimum atomic E-state index is -0.0463. The summed E-state index contributed by atoms with van der Waals surface area (Å²) in [5.41, 5.74) is 10.7. The van der Waals surface area contributed by atoms with Crippen LogP contribution >= 0.6 is 0 Å². The van der Waals surface area contributed by atoms with E-state index in [2.05, 4.69) is 32.0 Å². The number of hydrogen-bond donors (Lipinski definition) is 1. The van der Waals surface area contributed by atoms with Gasteiger partial charge in [-0.25, -0.2) is 0 Å². The molecule has 0 amide bonds. The molecule has 0 bridgehead atoms. The van der Waals surface area contributed by atoms with Gasteiger partial charge in [-0.15, -0.1) is 0 Å². The summed E-state index contributed by atoms with van der Waals surface area (Å²) < 4.78 is 0. The number of aryl methyl sites for hydroxylation is 2. The Morgan fingerprint density at radius 2 is 1.88 bits per heavy atom. The van der Waals surface area contributed by atoms with E-state index in [-0.39, 0.29) is 5.54 Å². The predicted molar refractivity (Wildman–Crippen MR) is 69.5 cm³/mol. The van der Waals surface area contributed by atoms with Crippen LogP contribution in [-0.2, 0) is 12.0 Å². The normalized spacial score (nSPS) is 19.7. The molecule has 0 radical (unpaired) electrons. The van der Waals surface area contributed by atoms with E-state index in [0.717, 1.165) is 19.3 Å². The molecule has 1 fully saturated rings. The zero-order valence-electron chi connectivity index (χ0n) is 10.6. The number of nitrogens with two attached hydrogens (primary N) is 1. The van der Waals surface area contributed by atoms with Gasteiger partial charge < -0.3 is 5.73 Å². The monoisotopic (exact) mass is 217 g/mol. The van der Waals surface area contributed by atoms with E-state index in [9.17, 15) is 0 Å². The fraction of sp³-hybridized carbons (Fsp3) is 0.600. The predicted octanol–water partition coefficient (Wildman–Crippen LogP) is 3.68. The van der Waals surface area contributed by atoms with Crippen LogP contribution in [0.25, 0.3) is 0 Å². The third-order valence-corrected chi connectivity index (χ3v) is 4.04. The van der Waals surface area contributed by atoms with E-state index in [4.69, 9.17) is 5.73 Å². The summed E-state index contributed by atoms with van der Waals surface area (Å²) in [4.78, 5) is 0. The van der Waals surface area contributed by atoms with Gasteiger partial charge >= 0.3 is 0 Å². The van der Waals surface area contributed by atoms with E-state index < -0.39 is 0 Å². The van der Waals surface area contributed by atoms with Crippen molar-refractivity contribution < 1.29 is 0 Å². The van der Waals surface area contributed by atoms with Gasteiger partial charge in [0.1, 0.15) is 0 Å². The number of benzene rings is 1. The molecule has 0 saturated heterocycles. The Balaban J connectivity index is 2.29. The van der Waals surface area contributed by atoms with Crippen LogP contribution in [-0.4, -0.2) is 0 Å². The van der Waals surface area contributed by atoms with Crippen molar-refractivity contribution in [1.29, 1.82) is 0 Å². The summed E-state index contributed by atoms with van der Waals surface area (Å²) in [7, 11) is 0. The van der Waals surface area contributed by atoms with Gasteiger partial charge in [-0.3, -0.25) is 0 Å². The Bertz CT molecular complexity index is 362. The summed E-state index contributed by atoms with van der Waals surface area (Å²) in [6.45, 7) is 4.41. The second-order valence-electron chi connectivity index (χ2n) is 5.21. The van der Waals surface area contributed by atoms with Gasteiger partial charge in [0.05, 0.1) is 0 Å². The van der Waals surface area contributed by atoms with Gasteiger partial charge in [0.2, 0.25) is 0 Å². The van der Waals surface area contributed by atoms with Gasteiger partial charge in [0.15, 0.2) is 0 Å². The lowest BCUT2D eigenvalue weighted by Crippen LogP contribution is -2.38. The zero-order chi connectivity index (χ0) is 11.6. The fourth-order valence-electron chi connectivity index (χ4n) is 2.87. The first-order chi connectivity index (χ1) is 7.65. The summed E-state index contributed by atoms with van der Waals surface area (Å²) in [6, 6.07) is 6.81. The first kappa shape index (κ1) is 11.7. The molecule has 0 aromatic heterocycles. The fourth-order valence-corrected chi connectivity index (χ4v) is 2.87. The maximum absolute atomic E-state index is 6.54. The molecule has 1 nitrogen and oxygen atoms in total. The van der Waals surface area contributed by atoms with Gasteiger partial charge in [0, 0.05) is 5.54 Å². The third-order valence-electron chi connectivity index (χ3n) is 4.04. The summed E-state index contributed by atoms with van der Waals surface area (Å²) in [6.07, 6.45) is 7.33. The molecule has 0 unspecified atom stereocenters. The lowest BCUT2D eigenvalue weighted by molar-refractivity contribution is 0.302. The molecular formula is C15H23N. The first-order valence-electron chi connectivity index (χ1n) is 6.54. The van der Waals surface area contributed by atoms with Gasteiger partial charge in [0.25, 0.3) is 0 Å². The highest BCUT2D eigenvalue weighted by Gasteiger charge is 2.29. The minimum absolute atomic E-state index is 0.0463. The van der Waals surface area contributed by atoms with Crippen LogP contribution in [0.1, 0.15) is 55.7 Å². The molecule has 0 heterocycles. The van der Waals surface area contributed by atoms with Gasteiger partial charge in [-0.05, 0) is 42.9 Å². The van der Waals surface area contributed by atoms with Crippen molar-refractivity contribution in [3.8, 4) is 0 Å². The molecule has 1 aliphatic rings. The van der Waals surface area contributed by atoms with Crippen LogP contribution < -0.4 is 5.73 Å². The van der Waals surface area contributed by atoms with E-state index >= 15 is 0 Å². The molecule has 16 heavy (non-hydrogen) atoms. The summed E-state index contributed by atoms with van der Waals surface area (Å²) in [5.74, 6) is 0. The molecule has 0 aliphatic heterocycles. The first-order valence-corrected chi connectivity index (χ1v) is 6.54. The second kappa shape index (κ2) is 4.58. The Hall–Kier alpha value is -0.820. The molecule has 0 spiro atoms. The molecule has 2 rings (SSSR count). The molecule has 0 atom stereocenters. The topological polar surface area (TPSA) is 26.0 Å². The van der Waals surface area contributed by atoms with Crippen LogP contribution in [0.15, 0.2) is 18.2 Å². The molecular weight excluding hydrogens is 194 g/mol. The average Bonchev–Trinajstić information content (AvgIpc) is 2.30. The number of hydrogen-bond acceptors (Lipinski definition) is 1. The van der Waals surface area contributed by atoms with Crippen molar-refractivity contribution in [3.63, 3.8) is 0 Å². The van der Waals surface area contributed by atoms with Crippen LogP contribution in [0.5, 0.6) is 0 Å². The minimum Gasteiger partial charge on any atom is -0.321 e. The van der Waals surface area contributed by atoms with Crippen LogP contribution in [0, 0.1) is 6.92 Å². The summed E-state index contributed by atoms with van der Waals surface area (Å²) >= 11 is 0. The van der Waals surface area contributed by atoms with Crippen LogP contribution in [0.3, 0.4) is 0 Å². The average molecular weight is 217 g/mol. The van der Waals surface area contributed by atoms with Crippen molar-refractivity contribution >= 4 is 0 Å².